The number of carbonyl (C=O) groups excluding carboxylic acids is 2. The van der Waals surface area contributed by atoms with Gasteiger partial charge < -0.3 is 5.32 Å². The SMILES string of the molecule is C.O=C1CC[C@H](CC(C(=O)Nc2ncc(Cl)s2)n2ncc3c(S(=O)(=O)C4CC4)cccc32)C1. The van der Waals surface area contributed by atoms with Crippen molar-refractivity contribution in [3.8, 4) is 0 Å². The number of rotatable bonds is 7. The third kappa shape index (κ3) is 4.69. The van der Waals surface area contributed by atoms with Gasteiger partial charge in [0.1, 0.15) is 16.2 Å². The number of fused-ring (bicyclic) bond motifs is 1. The topological polar surface area (TPSA) is 111 Å². The zero-order valence-electron chi connectivity index (χ0n) is 17.0. The first-order valence-electron chi connectivity index (χ1n) is 10.5. The number of halogens is 1. The molecule has 8 nitrogen and oxygen atoms in total. The van der Waals surface area contributed by atoms with Crippen LogP contribution in [0.1, 0.15) is 52.0 Å². The van der Waals surface area contributed by atoms with Gasteiger partial charge in [0.15, 0.2) is 15.0 Å². The van der Waals surface area contributed by atoms with Crippen LogP contribution in [-0.4, -0.2) is 40.1 Å². The van der Waals surface area contributed by atoms with E-state index in [1.165, 1.54) is 12.4 Å². The van der Waals surface area contributed by atoms with E-state index in [9.17, 15) is 18.0 Å². The summed E-state index contributed by atoms with van der Waals surface area (Å²) in [5, 5.41) is 7.78. The molecule has 11 heteroatoms. The summed E-state index contributed by atoms with van der Waals surface area (Å²) in [6.07, 6.45) is 6.43. The van der Waals surface area contributed by atoms with Gasteiger partial charge in [-0.15, -0.1) is 0 Å². The minimum atomic E-state index is -3.42. The molecule has 33 heavy (non-hydrogen) atoms. The molecule has 5 rings (SSSR count). The molecule has 2 fully saturated rings. The van der Waals surface area contributed by atoms with Gasteiger partial charge in [0, 0.05) is 18.2 Å². The number of hydrogen-bond donors (Lipinski definition) is 1. The van der Waals surface area contributed by atoms with Crippen molar-refractivity contribution in [2.24, 2.45) is 5.92 Å². The summed E-state index contributed by atoms with van der Waals surface area (Å²) in [6.45, 7) is 0. The highest BCUT2D eigenvalue weighted by atomic mass is 35.5. The average molecular weight is 509 g/mol. The fourth-order valence-corrected chi connectivity index (χ4v) is 6.99. The molecular formula is C22H25ClN4O4S2. The highest BCUT2D eigenvalue weighted by Gasteiger charge is 2.38. The van der Waals surface area contributed by atoms with Crippen molar-refractivity contribution in [3.05, 3.63) is 34.9 Å². The molecule has 0 saturated heterocycles. The average Bonchev–Trinajstić information content (AvgIpc) is 3.24. The third-order valence-corrected chi connectivity index (χ3v) is 9.43. The summed E-state index contributed by atoms with van der Waals surface area (Å²) in [5.41, 5.74) is 0.577. The molecular weight excluding hydrogens is 484 g/mol. The third-order valence-electron chi connectivity index (χ3n) is 6.08. The second-order valence-corrected chi connectivity index (χ2v) is 12.2. The lowest BCUT2D eigenvalue weighted by atomic mass is 9.97. The van der Waals surface area contributed by atoms with Gasteiger partial charge in [-0.25, -0.2) is 13.4 Å². The number of ketones is 1. The Morgan fingerprint density at radius 3 is 2.70 bits per heavy atom. The molecule has 0 bridgehead atoms. The Hall–Kier alpha value is -2.30. The lowest BCUT2D eigenvalue weighted by Crippen LogP contribution is -2.28. The minimum Gasteiger partial charge on any atom is -0.300 e. The van der Waals surface area contributed by atoms with Crippen molar-refractivity contribution < 1.29 is 18.0 Å². The molecule has 0 radical (unpaired) electrons. The predicted molar refractivity (Wildman–Crippen MR) is 128 cm³/mol. The van der Waals surface area contributed by atoms with Crippen LogP contribution in [0.4, 0.5) is 5.13 Å². The predicted octanol–water partition coefficient (Wildman–Crippen LogP) is 4.66. The Kier molecular flexibility index (Phi) is 6.61. The van der Waals surface area contributed by atoms with Crippen LogP contribution in [0.3, 0.4) is 0 Å². The molecule has 1 amide bonds. The highest BCUT2D eigenvalue weighted by molar-refractivity contribution is 7.92. The van der Waals surface area contributed by atoms with Gasteiger partial charge in [0.2, 0.25) is 0 Å². The maximum absolute atomic E-state index is 13.3. The van der Waals surface area contributed by atoms with Gasteiger partial charge in [0.25, 0.3) is 5.91 Å². The van der Waals surface area contributed by atoms with Crippen LogP contribution < -0.4 is 5.32 Å². The first-order chi connectivity index (χ1) is 15.3. The monoisotopic (exact) mass is 508 g/mol. The summed E-state index contributed by atoms with van der Waals surface area (Å²) in [6, 6.07) is 4.34. The minimum absolute atomic E-state index is 0. The van der Waals surface area contributed by atoms with Crippen molar-refractivity contribution in [1.82, 2.24) is 14.8 Å². The van der Waals surface area contributed by atoms with E-state index in [2.05, 4.69) is 15.4 Å². The van der Waals surface area contributed by atoms with E-state index in [-0.39, 0.29) is 35.2 Å². The number of aromatic nitrogens is 3. The van der Waals surface area contributed by atoms with Gasteiger partial charge in [-0.1, -0.05) is 36.4 Å². The van der Waals surface area contributed by atoms with Crippen LogP contribution in [0.15, 0.2) is 35.5 Å². The molecule has 0 spiro atoms. The largest absolute Gasteiger partial charge is 0.300 e. The Balaban J connectivity index is 0.00000259. The van der Waals surface area contributed by atoms with E-state index >= 15 is 0 Å². The van der Waals surface area contributed by atoms with Gasteiger partial charge in [-0.05, 0) is 43.7 Å². The van der Waals surface area contributed by atoms with Crippen molar-refractivity contribution in [2.75, 3.05) is 5.32 Å². The van der Waals surface area contributed by atoms with E-state index in [1.807, 2.05) is 0 Å². The van der Waals surface area contributed by atoms with Crippen molar-refractivity contribution in [2.45, 2.75) is 62.1 Å². The lowest BCUT2D eigenvalue weighted by Gasteiger charge is -2.21. The van der Waals surface area contributed by atoms with E-state index in [4.69, 9.17) is 11.6 Å². The van der Waals surface area contributed by atoms with Crippen molar-refractivity contribution >= 4 is 60.5 Å². The molecule has 2 aliphatic rings. The molecule has 1 unspecified atom stereocenters. The van der Waals surface area contributed by atoms with Crippen LogP contribution in [0.5, 0.6) is 0 Å². The summed E-state index contributed by atoms with van der Waals surface area (Å²) in [5.74, 6) is -0.0596. The van der Waals surface area contributed by atoms with E-state index in [0.29, 0.717) is 52.5 Å². The van der Waals surface area contributed by atoms with Gasteiger partial charge in [-0.2, -0.15) is 5.10 Å². The van der Waals surface area contributed by atoms with E-state index in [0.717, 1.165) is 17.8 Å². The normalized spacial score (nSPS) is 19.4. The fraction of sp³-hybridized carbons (Fsp3) is 0.455. The smallest absolute Gasteiger partial charge is 0.251 e. The van der Waals surface area contributed by atoms with E-state index in [1.54, 1.807) is 22.9 Å². The quantitative estimate of drug-likeness (QED) is 0.497. The van der Waals surface area contributed by atoms with Crippen LogP contribution in [0.2, 0.25) is 4.34 Å². The fourth-order valence-electron chi connectivity index (χ4n) is 4.33. The summed E-state index contributed by atoms with van der Waals surface area (Å²) in [7, 11) is -3.42. The zero-order valence-corrected chi connectivity index (χ0v) is 19.4. The number of carbonyl (C=O) groups is 2. The summed E-state index contributed by atoms with van der Waals surface area (Å²) < 4.78 is 27.8. The first kappa shape index (κ1) is 23.8. The van der Waals surface area contributed by atoms with Gasteiger partial charge in [0.05, 0.1) is 28.1 Å². The standard InChI is InChI=1S/C21H21ClN4O4S2.CH4/c22-19-11-23-21(31-19)25-20(28)17(9-12-4-5-13(27)8-12)26-16-2-1-3-18(15(16)10-24-26)32(29,30)14-6-7-14;/h1-3,10-12,14,17H,4-9H2,(H,23,25,28);1H4/t12-,17?;/m0./s1. The Morgan fingerprint density at radius 1 is 1.27 bits per heavy atom. The number of hydrogen-bond acceptors (Lipinski definition) is 7. The first-order valence-corrected chi connectivity index (χ1v) is 13.2. The highest BCUT2D eigenvalue weighted by Crippen LogP contribution is 2.38. The molecule has 0 aliphatic heterocycles. The summed E-state index contributed by atoms with van der Waals surface area (Å²) in [4.78, 5) is 29.4. The van der Waals surface area contributed by atoms with Crippen molar-refractivity contribution in [3.63, 3.8) is 0 Å². The number of benzene rings is 1. The lowest BCUT2D eigenvalue weighted by molar-refractivity contribution is -0.120. The number of Topliss-reactive ketones (excluding diaryl/α,β-unsaturated/α-hetero) is 1. The van der Waals surface area contributed by atoms with Crippen LogP contribution in [0, 0.1) is 5.92 Å². The summed E-state index contributed by atoms with van der Waals surface area (Å²) >= 11 is 7.09. The van der Waals surface area contributed by atoms with Crippen LogP contribution in [-0.2, 0) is 19.4 Å². The molecule has 1 N–H and O–H groups in total. The Bertz CT molecular complexity index is 1310. The molecule has 2 atom stereocenters. The van der Waals surface area contributed by atoms with Crippen LogP contribution in [0.25, 0.3) is 10.9 Å². The second-order valence-electron chi connectivity index (χ2n) is 8.38. The van der Waals surface area contributed by atoms with Crippen molar-refractivity contribution in [1.29, 1.82) is 0 Å². The maximum atomic E-state index is 13.3. The maximum Gasteiger partial charge on any atom is 0.251 e. The number of amides is 1. The number of nitrogens with one attached hydrogen (secondary N) is 1. The Morgan fingerprint density at radius 2 is 2.06 bits per heavy atom. The zero-order chi connectivity index (χ0) is 22.5. The molecule has 3 aromatic rings. The molecule has 176 valence electrons. The molecule has 2 aromatic heterocycles. The second kappa shape index (κ2) is 9.15. The number of anilines is 1. The van der Waals surface area contributed by atoms with Gasteiger partial charge in [-0.3, -0.25) is 14.3 Å². The Labute approximate surface area is 201 Å². The van der Waals surface area contributed by atoms with E-state index < -0.39 is 15.9 Å². The number of thiazole rings is 1. The molecule has 2 saturated carbocycles. The molecule has 1 aromatic carbocycles. The number of nitrogens with zero attached hydrogens (tertiary/aromatic N) is 3. The molecule has 2 aliphatic carbocycles. The molecule has 2 heterocycles. The van der Waals surface area contributed by atoms with Crippen LogP contribution >= 0.6 is 22.9 Å². The number of sulfone groups is 1. The van der Waals surface area contributed by atoms with Gasteiger partial charge >= 0.3 is 0 Å².